The van der Waals surface area contributed by atoms with Gasteiger partial charge in [-0.1, -0.05) is 17.7 Å². The van der Waals surface area contributed by atoms with Gasteiger partial charge in [0.05, 0.1) is 17.0 Å². The third kappa shape index (κ3) is 4.89. The Balaban J connectivity index is 1.59. The predicted octanol–water partition coefficient (Wildman–Crippen LogP) is 1.52. The van der Waals surface area contributed by atoms with Gasteiger partial charge in [0.25, 0.3) is 5.91 Å². The van der Waals surface area contributed by atoms with E-state index in [2.05, 4.69) is 5.32 Å². The number of sulfonamides is 1. The second-order valence-corrected chi connectivity index (χ2v) is 9.02. The van der Waals surface area contributed by atoms with Gasteiger partial charge in [0, 0.05) is 36.9 Å². The Hall–Kier alpha value is -2.69. The number of primary amides is 1. The van der Waals surface area contributed by atoms with Gasteiger partial charge >= 0.3 is 0 Å². The van der Waals surface area contributed by atoms with Crippen molar-refractivity contribution in [2.45, 2.75) is 4.90 Å². The summed E-state index contributed by atoms with van der Waals surface area (Å²) in [7, 11) is -3.83. The number of hydrogen-bond donors (Lipinski definition) is 2. The molecule has 11 heteroatoms. The molecule has 0 aliphatic carbocycles. The summed E-state index contributed by atoms with van der Waals surface area (Å²) in [6.45, 7) is 0.478. The predicted molar refractivity (Wildman–Crippen MR) is 110 cm³/mol. The van der Waals surface area contributed by atoms with Crippen molar-refractivity contribution in [1.29, 1.82) is 0 Å². The normalized spacial score (nSPS) is 15.1. The Labute approximate surface area is 178 Å². The molecule has 0 bridgehead atoms. The van der Waals surface area contributed by atoms with E-state index in [9.17, 15) is 22.4 Å². The molecule has 0 unspecified atom stereocenters. The maximum Gasteiger partial charge on any atom is 0.250 e. The number of nitrogens with zero attached hydrogens (tertiary/aromatic N) is 2. The number of carbonyl (C=O) groups excluding carboxylic acids is 2. The molecule has 2 aromatic carbocycles. The van der Waals surface area contributed by atoms with Crippen molar-refractivity contribution < 1.29 is 22.4 Å². The molecule has 2 amide bonds. The van der Waals surface area contributed by atoms with Crippen LogP contribution >= 0.6 is 11.6 Å². The molecule has 160 valence electrons. The third-order valence-corrected chi connectivity index (χ3v) is 6.83. The second-order valence-electron chi connectivity index (χ2n) is 6.65. The van der Waals surface area contributed by atoms with Crippen LogP contribution < -0.4 is 11.1 Å². The smallest absolute Gasteiger partial charge is 0.250 e. The maximum atomic E-state index is 13.4. The Bertz CT molecular complexity index is 1070. The number of carbonyl (C=O) groups is 2. The molecule has 1 aliphatic rings. The lowest BCUT2D eigenvalue weighted by atomic mass is 10.1. The lowest BCUT2D eigenvalue weighted by Gasteiger charge is -2.34. The van der Waals surface area contributed by atoms with Crippen LogP contribution in [0.1, 0.15) is 10.4 Å². The van der Waals surface area contributed by atoms with E-state index in [1.54, 1.807) is 12.1 Å². The van der Waals surface area contributed by atoms with E-state index >= 15 is 0 Å². The van der Waals surface area contributed by atoms with Gasteiger partial charge in [0.2, 0.25) is 15.9 Å². The quantitative estimate of drug-likeness (QED) is 0.687. The molecule has 3 rings (SSSR count). The molecular weight excluding hydrogens is 435 g/mol. The third-order valence-electron chi connectivity index (χ3n) is 4.70. The molecule has 0 aromatic heterocycles. The molecule has 0 saturated carbocycles. The van der Waals surface area contributed by atoms with Gasteiger partial charge in [-0.3, -0.25) is 9.59 Å². The Morgan fingerprint density at radius 1 is 1.10 bits per heavy atom. The summed E-state index contributed by atoms with van der Waals surface area (Å²) >= 11 is 5.86. The zero-order valence-corrected chi connectivity index (χ0v) is 17.4. The highest BCUT2D eigenvalue weighted by Crippen LogP contribution is 2.21. The summed E-state index contributed by atoms with van der Waals surface area (Å²) in [5, 5.41) is 3.21. The molecule has 1 fully saturated rings. The summed E-state index contributed by atoms with van der Waals surface area (Å²) in [4.78, 5) is 25.4. The SMILES string of the molecule is NC(=O)c1cc(Cl)ccc1NCC(=O)N1CCN(S(=O)(=O)c2cccc(F)c2)CC1. The summed E-state index contributed by atoms with van der Waals surface area (Å²) in [5.74, 6) is -1.57. The summed E-state index contributed by atoms with van der Waals surface area (Å²) in [6.07, 6.45) is 0. The van der Waals surface area contributed by atoms with Gasteiger partial charge in [-0.25, -0.2) is 12.8 Å². The molecule has 0 spiro atoms. The first-order chi connectivity index (χ1) is 14.2. The van der Waals surface area contributed by atoms with Gasteiger partial charge in [0.15, 0.2) is 0 Å². The standard InChI is InChI=1S/C19H20ClFN4O4S/c20-13-4-5-17(16(10-13)19(22)27)23-12-18(26)24-6-8-25(9-7-24)30(28,29)15-3-1-2-14(21)11-15/h1-5,10-11,23H,6-9,12H2,(H2,22,27). The van der Waals surface area contributed by atoms with Gasteiger partial charge in [-0.2, -0.15) is 4.31 Å². The minimum Gasteiger partial charge on any atom is -0.376 e. The number of piperazine rings is 1. The van der Waals surface area contributed by atoms with Crippen LogP contribution in [0.2, 0.25) is 5.02 Å². The van der Waals surface area contributed by atoms with Crippen molar-refractivity contribution in [3.63, 3.8) is 0 Å². The summed E-state index contributed by atoms with van der Waals surface area (Å²) in [6, 6.07) is 9.35. The highest BCUT2D eigenvalue weighted by Gasteiger charge is 2.30. The van der Waals surface area contributed by atoms with Crippen LogP contribution in [-0.4, -0.2) is 62.2 Å². The van der Waals surface area contributed by atoms with Gasteiger partial charge in [-0.15, -0.1) is 0 Å². The highest BCUT2D eigenvalue weighted by atomic mass is 35.5. The maximum absolute atomic E-state index is 13.4. The summed E-state index contributed by atoms with van der Waals surface area (Å²) < 4.78 is 39.9. The topological polar surface area (TPSA) is 113 Å². The van der Waals surface area contributed by atoms with Crippen molar-refractivity contribution in [2.24, 2.45) is 5.73 Å². The Morgan fingerprint density at radius 2 is 1.80 bits per heavy atom. The van der Waals surface area contributed by atoms with E-state index in [-0.39, 0.29) is 49.1 Å². The monoisotopic (exact) mass is 454 g/mol. The minimum absolute atomic E-state index is 0.0953. The van der Waals surface area contributed by atoms with Crippen molar-refractivity contribution in [1.82, 2.24) is 9.21 Å². The van der Waals surface area contributed by atoms with E-state index in [0.717, 1.165) is 6.07 Å². The first-order valence-corrected chi connectivity index (χ1v) is 10.9. The molecule has 0 radical (unpaired) electrons. The van der Waals surface area contributed by atoms with Crippen LogP contribution in [0.3, 0.4) is 0 Å². The lowest BCUT2D eigenvalue weighted by molar-refractivity contribution is -0.130. The van der Waals surface area contributed by atoms with Crippen LogP contribution in [0.15, 0.2) is 47.4 Å². The van der Waals surface area contributed by atoms with E-state index in [1.165, 1.54) is 33.5 Å². The van der Waals surface area contributed by atoms with E-state index in [1.807, 2.05) is 0 Å². The Kier molecular flexibility index (Phi) is 6.59. The van der Waals surface area contributed by atoms with Crippen LogP contribution in [-0.2, 0) is 14.8 Å². The zero-order chi connectivity index (χ0) is 21.9. The number of hydrogen-bond acceptors (Lipinski definition) is 5. The van der Waals surface area contributed by atoms with Crippen molar-refractivity contribution in [3.8, 4) is 0 Å². The number of nitrogens with one attached hydrogen (secondary N) is 1. The van der Waals surface area contributed by atoms with Crippen molar-refractivity contribution >= 4 is 39.1 Å². The number of benzene rings is 2. The molecule has 1 aliphatic heterocycles. The number of halogens is 2. The molecule has 8 nitrogen and oxygen atoms in total. The van der Waals surface area contributed by atoms with E-state index in [4.69, 9.17) is 17.3 Å². The lowest BCUT2D eigenvalue weighted by Crippen LogP contribution is -2.51. The molecule has 0 atom stereocenters. The summed E-state index contributed by atoms with van der Waals surface area (Å²) in [5.41, 5.74) is 5.88. The highest BCUT2D eigenvalue weighted by molar-refractivity contribution is 7.89. The van der Waals surface area contributed by atoms with Crippen LogP contribution in [0.5, 0.6) is 0 Å². The fourth-order valence-electron chi connectivity index (χ4n) is 3.11. The number of rotatable bonds is 6. The number of anilines is 1. The van der Waals surface area contributed by atoms with E-state index in [0.29, 0.717) is 10.7 Å². The first kappa shape index (κ1) is 22.0. The molecule has 3 N–H and O–H groups in total. The zero-order valence-electron chi connectivity index (χ0n) is 15.8. The second kappa shape index (κ2) is 8.99. The van der Waals surface area contributed by atoms with Crippen LogP contribution in [0.4, 0.5) is 10.1 Å². The van der Waals surface area contributed by atoms with Gasteiger partial charge < -0.3 is 16.0 Å². The largest absolute Gasteiger partial charge is 0.376 e. The van der Waals surface area contributed by atoms with Gasteiger partial charge in [0.1, 0.15) is 5.82 Å². The molecule has 1 saturated heterocycles. The van der Waals surface area contributed by atoms with E-state index < -0.39 is 21.7 Å². The Morgan fingerprint density at radius 3 is 2.43 bits per heavy atom. The number of amides is 2. The molecule has 1 heterocycles. The van der Waals surface area contributed by atoms with Crippen LogP contribution in [0, 0.1) is 5.82 Å². The molecule has 2 aromatic rings. The van der Waals surface area contributed by atoms with Crippen molar-refractivity contribution in [2.75, 3.05) is 38.0 Å². The number of nitrogens with two attached hydrogens (primary N) is 1. The average molecular weight is 455 g/mol. The van der Waals surface area contributed by atoms with Crippen LogP contribution in [0.25, 0.3) is 0 Å². The minimum atomic E-state index is -3.83. The first-order valence-electron chi connectivity index (χ1n) is 9.05. The molecular formula is C19H20ClFN4O4S. The average Bonchev–Trinajstić information content (AvgIpc) is 2.72. The fourth-order valence-corrected chi connectivity index (χ4v) is 4.74. The van der Waals surface area contributed by atoms with Crippen molar-refractivity contribution in [3.05, 3.63) is 58.9 Å². The van der Waals surface area contributed by atoms with Gasteiger partial charge in [-0.05, 0) is 36.4 Å². The molecule has 30 heavy (non-hydrogen) atoms. The fraction of sp³-hybridized carbons (Fsp3) is 0.263.